The molecule has 10 heteroatoms. The molecular formula is C39H63NO9. The fourth-order valence-electron chi connectivity index (χ4n) is 12.7. The van der Waals surface area contributed by atoms with Crippen molar-refractivity contribution >= 4 is 12.1 Å². The van der Waals surface area contributed by atoms with Crippen molar-refractivity contribution in [2.24, 2.45) is 50.2 Å². The Balaban J connectivity index is 1.28. The number of alkyl carbamates (subject to hydrolysis) is 1. The zero-order valence-electron chi connectivity index (χ0n) is 31.1. The molecule has 1 saturated heterocycles. The molecular weight excluding hydrogens is 626 g/mol. The molecule has 5 N–H and O–H groups in total. The number of carbonyl (C=O) groups is 2. The lowest BCUT2D eigenvalue weighted by Crippen LogP contribution is -2.67. The van der Waals surface area contributed by atoms with Gasteiger partial charge in [-0.3, -0.25) is 4.79 Å². The highest BCUT2D eigenvalue weighted by molar-refractivity contribution is 5.76. The normalized spacial score (nSPS) is 48.5. The summed E-state index contributed by atoms with van der Waals surface area (Å²) in [5.41, 5.74) is 0.622. The Hall–Kier alpha value is -1.72. The summed E-state index contributed by atoms with van der Waals surface area (Å²) < 4.78 is 17.8. The summed E-state index contributed by atoms with van der Waals surface area (Å²) >= 11 is 0. The van der Waals surface area contributed by atoms with Gasteiger partial charge in [-0.1, -0.05) is 60.1 Å². The minimum absolute atomic E-state index is 0.0217. The van der Waals surface area contributed by atoms with Gasteiger partial charge in [0.2, 0.25) is 0 Å². The van der Waals surface area contributed by atoms with E-state index in [1.54, 1.807) is 6.92 Å². The van der Waals surface area contributed by atoms with Gasteiger partial charge in [-0.25, -0.2) is 4.79 Å². The molecule has 13 atom stereocenters. The number of allylic oxidation sites excluding steroid dienone is 2. The molecule has 1 amide bonds. The molecule has 0 spiro atoms. The van der Waals surface area contributed by atoms with Crippen LogP contribution < -0.4 is 5.32 Å². The highest BCUT2D eigenvalue weighted by atomic mass is 16.7. The van der Waals surface area contributed by atoms with Crippen LogP contribution in [0.5, 0.6) is 0 Å². The van der Waals surface area contributed by atoms with Crippen LogP contribution in [0.15, 0.2) is 11.6 Å². The maximum Gasteiger partial charge on any atom is 0.407 e. The molecule has 1 heterocycles. The van der Waals surface area contributed by atoms with Crippen LogP contribution in [0.1, 0.15) is 120 Å². The van der Waals surface area contributed by atoms with Crippen molar-refractivity contribution in [2.75, 3.05) is 13.2 Å². The number of ether oxygens (including phenoxy) is 3. The molecule has 49 heavy (non-hydrogen) atoms. The monoisotopic (exact) mass is 689 g/mol. The fraction of sp³-hybridized carbons (Fsp3) is 0.897. The van der Waals surface area contributed by atoms with Gasteiger partial charge in [0.25, 0.3) is 0 Å². The van der Waals surface area contributed by atoms with Crippen molar-refractivity contribution in [1.29, 1.82) is 0 Å². The van der Waals surface area contributed by atoms with Gasteiger partial charge < -0.3 is 40.0 Å². The van der Waals surface area contributed by atoms with Gasteiger partial charge in [-0.15, -0.1) is 0 Å². The van der Waals surface area contributed by atoms with Crippen molar-refractivity contribution < 1.29 is 44.2 Å². The molecule has 6 aliphatic rings. The minimum Gasteiger partial charge on any atom is -0.481 e. The second kappa shape index (κ2) is 12.5. The zero-order valence-corrected chi connectivity index (χ0v) is 31.1. The van der Waals surface area contributed by atoms with E-state index in [-0.39, 0.29) is 45.7 Å². The van der Waals surface area contributed by atoms with E-state index < -0.39 is 54.7 Å². The summed E-state index contributed by atoms with van der Waals surface area (Å²) in [6.07, 6.45) is 5.62. The van der Waals surface area contributed by atoms with Crippen molar-refractivity contribution in [2.45, 2.75) is 156 Å². The summed E-state index contributed by atoms with van der Waals surface area (Å²) in [7, 11) is 0. The molecule has 0 aromatic rings. The van der Waals surface area contributed by atoms with Gasteiger partial charge in [0.15, 0.2) is 6.29 Å². The second-order valence-electron chi connectivity index (χ2n) is 18.8. The summed E-state index contributed by atoms with van der Waals surface area (Å²) in [6.45, 7) is 18.0. The first-order valence-corrected chi connectivity index (χ1v) is 19.0. The lowest BCUT2D eigenvalue weighted by molar-refractivity contribution is -0.306. The Kier molecular flexibility index (Phi) is 9.42. The Morgan fingerprint density at radius 2 is 1.63 bits per heavy atom. The number of carbonyl (C=O) groups excluding carboxylic acids is 1. The molecule has 5 fully saturated rings. The predicted molar refractivity (Wildman–Crippen MR) is 183 cm³/mol. The van der Waals surface area contributed by atoms with Crippen molar-refractivity contribution in [1.82, 2.24) is 5.32 Å². The van der Waals surface area contributed by atoms with Crippen LogP contribution in [0.3, 0.4) is 0 Å². The maximum absolute atomic E-state index is 13.0. The number of fused-ring (bicyclic) bond motifs is 7. The average molecular weight is 690 g/mol. The van der Waals surface area contributed by atoms with Crippen LogP contribution in [0, 0.1) is 50.2 Å². The number of hydrogen-bond acceptors (Lipinski definition) is 8. The molecule has 6 rings (SSSR count). The number of carboxylic acid groups (broad SMARTS) is 1. The standard InChI is InChI=1S/C39H63NO9/c1-9-47-33(46)40-28-30(43)29(42)24(21-41)48-31(28)49-27-13-14-36(6)25(35(27,4)5)12-15-38(8)26(36)11-10-22-23-20-34(2,3)16-18-39(23,32(44)45)19-17-37(22,38)7/h10,23-31,41-43H,9,11-21H2,1-8H3,(H,40,46)(H,44,45)/t23-,24+,25-,26+,27-,28+,29+,30+,31-,36-,37+,38+,39-/m0/s1. The molecule has 0 bridgehead atoms. The van der Waals surface area contributed by atoms with Gasteiger partial charge in [-0.2, -0.15) is 0 Å². The van der Waals surface area contributed by atoms with E-state index in [4.69, 9.17) is 14.2 Å². The van der Waals surface area contributed by atoms with E-state index in [1.165, 1.54) is 5.57 Å². The van der Waals surface area contributed by atoms with E-state index in [1.807, 2.05) is 0 Å². The zero-order chi connectivity index (χ0) is 35.9. The summed E-state index contributed by atoms with van der Waals surface area (Å²) in [5, 5.41) is 44.9. The first kappa shape index (κ1) is 37.1. The SMILES string of the molecule is CCOC(=O)N[C@H]1[C@H](O[C@H]2CC[C@]3(C)[C@H]4CC=C5[C@@H]6CC(C)(C)CC[C@]6(C(=O)O)CC[C@@]5(C)[C@]4(C)CC[C@H]3C2(C)C)O[C@H](CO)[C@@H](O)[C@@H]1O. The number of hydrogen-bond donors (Lipinski definition) is 5. The topological polar surface area (TPSA) is 155 Å². The number of aliphatic carboxylic acids is 1. The fourth-order valence-corrected chi connectivity index (χ4v) is 12.7. The van der Waals surface area contributed by atoms with Crippen LogP contribution in [-0.2, 0) is 19.0 Å². The third-order valence-corrected chi connectivity index (χ3v) is 15.7. The van der Waals surface area contributed by atoms with E-state index in [0.717, 1.165) is 64.2 Å². The number of carboxylic acids is 1. The van der Waals surface area contributed by atoms with Crippen molar-refractivity contribution in [3.8, 4) is 0 Å². The highest BCUT2D eigenvalue weighted by Crippen LogP contribution is 2.76. The lowest BCUT2D eigenvalue weighted by Gasteiger charge is -2.71. The number of rotatable bonds is 6. The van der Waals surface area contributed by atoms with E-state index >= 15 is 0 Å². The Morgan fingerprint density at radius 1 is 0.939 bits per heavy atom. The van der Waals surface area contributed by atoms with Crippen LogP contribution >= 0.6 is 0 Å². The number of aliphatic hydroxyl groups is 3. The Bertz CT molecular complexity index is 1330. The quantitative estimate of drug-likeness (QED) is 0.172. The summed E-state index contributed by atoms with van der Waals surface area (Å²) in [6, 6.07) is -1.08. The van der Waals surface area contributed by atoms with E-state index in [0.29, 0.717) is 11.8 Å². The number of nitrogens with one attached hydrogen (secondary N) is 1. The van der Waals surface area contributed by atoms with Crippen LogP contribution in [-0.4, -0.2) is 82.5 Å². The van der Waals surface area contributed by atoms with Gasteiger partial charge in [0, 0.05) is 0 Å². The van der Waals surface area contributed by atoms with Crippen molar-refractivity contribution in [3.63, 3.8) is 0 Å². The molecule has 0 aromatic heterocycles. The molecule has 0 aromatic carbocycles. The molecule has 10 nitrogen and oxygen atoms in total. The smallest absolute Gasteiger partial charge is 0.407 e. The minimum atomic E-state index is -1.42. The summed E-state index contributed by atoms with van der Waals surface area (Å²) in [4.78, 5) is 25.4. The third-order valence-electron chi connectivity index (χ3n) is 15.7. The van der Waals surface area contributed by atoms with Gasteiger partial charge in [-0.05, 0) is 116 Å². The molecule has 0 unspecified atom stereocenters. The number of aliphatic hydroxyl groups excluding tert-OH is 3. The molecule has 278 valence electrons. The first-order valence-electron chi connectivity index (χ1n) is 19.0. The van der Waals surface area contributed by atoms with E-state index in [9.17, 15) is 30.0 Å². The Labute approximate surface area is 292 Å². The number of amides is 1. The average Bonchev–Trinajstić information content (AvgIpc) is 3.02. The maximum atomic E-state index is 13.0. The van der Waals surface area contributed by atoms with Gasteiger partial charge in [0.1, 0.15) is 24.4 Å². The largest absolute Gasteiger partial charge is 0.481 e. The highest BCUT2D eigenvalue weighted by Gasteiger charge is 2.69. The van der Waals surface area contributed by atoms with Crippen LogP contribution in [0.25, 0.3) is 0 Å². The van der Waals surface area contributed by atoms with E-state index in [2.05, 4.69) is 59.9 Å². The Morgan fingerprint density at radius 3 is 2.29 bits per heavy atom. The predicted octanol–water partition coefficient (Wildman–Crippen LogP) is 5.81. The third kappa shape index (κ3) is 5.51. The molecule has 5 aliphatic carbocycles. The van der Waals surface area contributed by atoms with Crippen molar-refractivity contribution in [3.05, 3.63) is 11.6 Å². The van der Waals surface area contributed by atoms with Gasteiger partial charge >= 0.3 is 12.1 Å². The van der Waals surface area contributed by atoms with Gasteiger partial charge in [0.05, 0.1) is 24.7 Å². The molecule has 4 saturated carbocycles. The van der Waals surface area contributed by atoms with Crippen LogP contribution in [0.4, 0.5) is 4.79 Å². The first-order chi connectivity index (χ1) is 22.8. The second-order valence-corrected chi connectivity index (χ2v) is 18.8. The molecule has 0 radical (unpaired) electrons. The summed E-state index contributed by atoms with van der Waals surface area (Å²) in [5.74, 6) is 0.240. The molecule has 1 aliphatic heterocycles. The lowest BCUT2D eigenvalue weighted by atomic mass is 9.33. The van der Waals surface area contributed by atoms with Crippen LogP contribution in [0.2, 0.25) is 0 Å².